The van der Waals surface area contributed by atoms with Crippen molar-refractivity contribution < 1.29 is 9.90 Å². The number of rotatable bonds is 4. The number of carboxylic acids is 1. The van der Waals surface area contributed by atoms with Gasteiger partial charge in [-0.1, -0.05) is 6.42 Å². The third kappa shape index (κ3) is 2.56. The molecule has 2 atom stereocenters. The molecule has 94 valence electrons. The number of nitrogens with zero attached hydrogens (tertiary/aromatic N) is 3. The summed E-state index contributed by atoms with van der Waals surface area (Å²) in [5.74, 6) is -0.509. The molecule has 1 fully saturated rings. The molecular weight excluding hydrogens is 232 g/mol. The third-order valence-corrected chi connectivity index (χ3v) is 3.35. The summed E-state index contributed by atoms with van der Waals surface area (Å²) < 4.78 is 0. The van der Waals surface area contributed by atoms with Crippen LogP contribution >= 0.6 is 0 Å². The van der Waals surface area contributed by atoms with Crippen LogP contribution in [0.1, 0.15) is 24.8 Å². The van der Waals surface area contributed by atoms with Crippen molar-refractivity contribution in [3.05, 3.63) is 17.8 Å². The minimum Gasteiger partial charge on any atom is -0.481 e. The quantitative estimate of drug-likeness (QED) is 0.829. The Bertz CT molecular complexity index is 483. The van der Waals surface area contributed by atoms with Crippen LogP contribution in [0.2, 0.25) is 0 Å². The maximum Gasteiger partial charge on any atom is 0.306 e. The van der Waals surface area contributed by atoms with Gasteiger partial charge in [0, 0.05) is 6.54 Å². The van der Waals surface area contributed by atoms with Gasteiger partial charge in [-0.25, -0.2) is 0 Å². The van der Waals surface area contributed by atoms with Crippen molar-refractivity contribution in [2.45, 2.75) is 19.3 Å². The molecule has 6 heteroatoms. The Balaban J connectivity index is 1.99. The zero-order chi connectivity index (χ0) is 13.0. The van der Waals surface area contributed by atoms with E-state index in [2.05, 4.69) is 15.5 Å². The Morgan fingerprint density at radius 1 is 1.61 bits per heavy atom. The largest absolute Gasteiger partial charge is 0.481 e. The number of anilines is 1. The summed E-state index contributed by atoms with van der Waals surface area (Å²) in [7, 11) is 0. The standard InChI is InChI=1S/C12H14N4O2/c13-6-8-4-5-15-16-11(8)14-7-9-2-1-3-10(9)12(17)18/h4-5,9-10H,1-3,7H2,(H,14,16)(H,17,18). The Morgan fingerprint density at radius 2 is 2.44 bits per heavy atom. The van der Waals surface area contributed by atoms with Crippen molar-refractivity contribution in [2.24, 2.45) is 11.8 Å². The highest BCUT2D eigenvalue weighted by atomic mass is 16.4. The summed E-state index contributed by atoms with van der Waals surface area (Å²) in [5, 5.41) is 28.6. The SMILES string of the molecule is N#Cc1ccnnc1NCC1CCCC1C(=O)O. The third-order valence-electron chi connectivity index (χ3n) is 3.35. The molecule has 0 aromatic carbocycles. The van der Waals surface area contributed by atoms with Crippen LogP contribution in [0, 0.1) is 23.2 Å². The van der Waals surface area contributed by atoms with Gasteiger partial charge in [0.2, 0.25) is 0 Å². The molecule has 2 unspecified atom stereocenters. The molecule has 1 aromatic heterocycles. The summed E-state index contributed by atoms with van der Waals surface area (Å²) in [5.41, 5.74) is 0.426. The Kier molecular flexibility index (Phi) is 3.72. The van der Waals surface area contributed by atoms with E-state index >= 15 is 0 Å². The van der Waals surface area contributed by atoms with Crippen LogP contribution in [0.3, 0.4) is 0 Å². The molecule has 1 aliphatic carbocycles. The zero-order valence-corrected chi connectivity index (χ0v) is 9.83. The first-order valence-electron chi connectivity index (χ1n) is 5.91. The van der Waals surface area contributed by atoms with Crippen LogP contribution in [0.4, 0.5) is 5.82 Å². The summed E-state index contributed by atoms with van der Waals surface area (Å²) >= 11 is 0. The van der Waals surface area contributed by atoms with Gasteiger partial charge >= 0.3 is 5.97 Å². The molecule has 2 rings (SSSR count). The van der Waals surface area contributed by atoms with Crippen molar-refractivity contribution >= 4 is 11.8 Å². The van der Waals surface area contributed by atoms with Gasteiger partial charge in [0.25, 0.3) is 0 Å². The van der Waals surface area contributed by atoms with Crippen molar-refractivity contribution in [3.63, 3.8) is 0 Å². The number of aliphatic carboxylic acids is 1. The number of nitriles is 1. The minimum absolute atomic E-state index is 0.0936. The number of hydrogen-bond donors (Lipinski definition) is 2. The van der Waals surface area contributed by atoms with Gasteiger partial charge in [-0.3, -0.25) is 4.79 Å². The lowest BCUT2D eigenvalue weighted by molar-refractivity contribution is -0.142. The summed E-state index contributed by atoms with van der Waals surface area (Å²) in [6.07, 6.45) is 4.02. The summed E-state index contributed by atoms with van der Waals surface area (Å²) in [6.45, 7) is 0.518. The first-order chi connectivity index (χ1) is 8.72. The number of carboxylic acid groups (broad SMARTS) is 1. The molecule has 0 aliphatic heterocycles. The molecule has 0 saturated heterocycles. The Morgan fingerprint density at radius 3 is 3.17 bits per heavy atom. The fraction of sp³-hybridized carbons (Fsp3) is 0.500. The van der Waals surface area contributed by atoms with E-state index in [4.69, 9.17) is 10.4 Å². The average Bonchev–Trinajstić information content (AvgIpc) is 2.85. The fourth-order valence-electron chi connectivity index (χ4n) is 2.39. The van der Waals surface area contributed by atoms with E-state index < -0.39 is 5.97 Å². The van der Waals surface area contributed by atoms with E-state index in [1.807, 2.05) is 6.07 Å². The fourth-order valence-corrected chi connectivity index (χ4v) is 2.39. The maximum atomic E-state index is 11.0. The normalized spacial score (nSPS) is 22.4. The van der Waals surface area contributed by atoms with Crippen LogP contribution in [0.15, 0.2) is 12.3 Å². The van der Waals surface area contributed by atoms with E-state index in [0.29, 0.717) is 17.9 Å². The van der Waals surface area contributed by atoms with Crippen LogP contribution < -0.4 is 5.32 Å². The number of carbonyl (C=O) groups is 1. The van der Waals surface area contributed by atoms with E-state index in [-0.39, 0.29) is 11.8 Å². The predicted octanol–water partition coefficient (Wildman–Crippen LogP) is 1.26. The number of hydrogen-bond acceptors (Lipinski definition) is 5. The van der Waals surface area contributed by atoms with E-state index in [1.165, 1.54) is 6.20 Å². The molecular formula is C12H14N4O2. The predicted molar refractivity (Wildman–Crippen MR) is 63.7 cm³/mol. The van der Waals surface area contributed by atoms with Gasteiger partial charge in [-0.05, 0) is 24.8 Å². The van der Waals surface area contributed by atoms with Crippen molar-refractivity contribution in [1.29, 1.82) is 5.26 Å². The Hall–Kier alpha value is -2.16. The second kappa shape index (κ2) is 5.45. The molecule has 18 heavy (non-hydrogen) atoms. The van der Waals surface area contributed by atoms with Gasteiger partial charge in [0.1, 0.15) is 6.07 Å². The smallest absolute Gasteiger partial charge is 0.306 e. The number of aromatic nitrogens is 2. The average molecular weight is 246 g/mol. The van der Waals surface area contributed by atoms with Gasteiger partial charge in [-0.2, -0.15) is 10.4 Å². The highest BCUT2D eigenvalue weighted by molar-refractivity contribution is 5.70. The van der Waals surface area contributed by atoms with E-state index in [1.54, 1.807) is 6.07 Å². The van der Waals surface area contributed by atoms with Crippen molar-refractivity contribution in [1.82, 2.24) is 10.2 Å². The van der Waals surface area contributed by atoms with Crippen LogP contribution in [0.25, 0.3) is 0 Å². The molecule has 0 spiro atoms. The highest BCUT2D eigenvalue weighted by Gasteiger charge is 2.32. The molecule has 1 saturated carbocycles. The molecule has 6 nitrogen and oxygen atoms in total. The van der Waals surface area contributed by atoms with Crippen molar-refractivity contribution in [3.8, 4) is 6.07 Å². The van der Waals surface area contributed by atoms with Crippen LogP contribution in [-0.2, 0) is 4.79 Å². The second-order valence-corrected chi connectivity index (χ2v) is 4.42. The Labute approximate surface area is 105 Å². The summed E-state index contributed by atoms with van der Waals surface area (Å²) in [6, 6.07) is 3.61. The van der Waals surface area contributed by atoms with Gasteiger partial charge in [0.05, 0.1) is 17.7 Å². The second-order valence-electron chi connectivity index (χ2n) is 4.42. The van der Waals surface area contributed by atoms with E-state index in [0.717, 1.165) is 19.3 Å². The van der Waals surface area contributed by atoms with E-state index in [9.17, 15) is 4.79 Å². The lowest BCUT2D eigenvalue weighted by Crippen LogP contribution is -2.25. The summed E-state index contributed by atoms with van der Waals surface area (Å²) in [4.78, 5) is 11.0. The first kappa shape index (κ1) is 12.3. The molecule has 1 aromatic rings. The van der Waals surface area contributed by atoms with Crippen LogP contribution in [-0.4, -0.2) is 27.8 Å². The van der Waals surface area contributed by atoms with Gasteiger partial charge in [-0.15, -0.1) is 5.10 Å². The van der Waals surface area contributed by atoms with Gasteiger partial charge < -0.3 is 10.4 Å². The molecule has 0 bridgehead atoms. The molecule has 1 aliphatic rings. The van der Waals surface area contributed by atoms with Crippen LogP contribution in [0.5, 0.6) is 0 Å². The molecule has 0 radical (unpaired) electrons. The lowest BCUT2D eigenvalue weighted by Gasteiger charge is -2.16. The molecule has 1 heterocycles. The molecule has 0 amide bonds. The lowest BCUT2D eigenvalue weighted by atomic mass is 9.96. The zero-order valence-electron chi connectivity index (χ0n) is 9.83. The number of nitrogens with one attached hydrogen (secondary N) is 1. The maximum absolute atomic E-state index is 11.0. The van der Waals surface area contributed by atoms with Gasteiger partial charge in [0.15, 0.2) is 5.82 Å². The minimum atomic E-state index is -0.737. The highest BCUT2D eigenvalue weighted by Crippen LogP contribution is 2.32. The van der Waals surface area contributed by atoms with Crippen molar-refractivity contribution in [2.75, 3.05) is 11.9 Å². The molecule has 2 N–H and O–H groups in total. The topological polar surface area (TPSA) is 98.9 Å². The first-order valence-corrected chi connectivity index (χ1v) is 5.91. The monoisotopic (exact) mass is 246 g/mol.